The number of hydrogen-bond donors (Lipinski definition) is 2. The SMILES string of the molecule is CC/C=C\C/C=C\C/C=C\C/C=C\C/C=C\C/C=C\C/C=C\C/C=C\CCCCCCCCCCCCCCC(=O)OC(COC(=O)CCCCC/C=C\C/C=C\C/C=C\C/C=C\C/C=C\CC)COP(=O)(O)OCCN. The number of ether oxygens (including phenoxy) is 2. The second-order valence-electron chi connectivity index (χ2n) is 19.1. The number of carbonyl (C=O) groups excluding carboxylic acids is 2. The Morgan fingerprint density at radius 2 is 0.675 bits per heavy atom. The van der Waals surface area contributed by atoms with Gasteiger partial charge in [-0.2, -0.15) is 0 Å². The molecule has 0 saturated carbocycles. The monoisotopic (exact) mass is 1090 g/mol. The summed E-state index contributed by atoms with van der Waals surface area (Å²) >= 11 is 0. The summed E-state index contributed by atoms with van der Waals surface area (Å²) < 4.78 is 33.0. The summed E-state index contributed by atoms with van der Waals surface area (Å²) in [6.07, 6.45) is 88.8. The van der Waals surface area contributed by atoms with Crippen LogP contribution in [0.1, 0.15) is 219 Å². The average Bonchev–Trinajstić information content (AvgIpc) is 3.42. The van der Waals surface area contributed by atoms with E-state index in [0.29, 0.717) is 12.8 Å². The molecule has 0 aromatic heterocycles. The lowest BCUT2D eigenvalue weighted by Gasteiger charge is -2.19. The minimum Gasteiger partial charge on any atom is -0.462 e. The van der Waals surface area contributed by atoms with Crippen molar-refractivity contribution >= 4 is 19.8 Å². The Balaban J connectivity index is 4.01. The summed E-state index contributed by atoms with van der Waals surface area (Å²) in [5.41, 5.74) is 5.38. The van der Waals surface area contributed by atoms with Gasteiger partial charge in [0.1, 0.15) is 6.61 Å². The number of esters is 2. The number of phosphoric acid groups is 1. The molecule has 3 N–H and O–H groups in total. The van der Waals surface area contributed by atoms with Crippen LogP contribution in [0.4, 0.5) is 0 Å². The summed E-state index contributed by atoms with van der Waals surface area (Å²) in [6, 6.07) is 0. The van der Waals surface area contributed by atoms with Gasteiger partial charge in [-0.05, 0) is 122 Å². The van der Waals surface area contributed by atoms with E-state index in [1.165, 1.54) is 51.4 Å². The van der Waals surface area contributed by atoms with Crippen molar-refractivity contribution in [3.05, 3.63) is 158 Å². The van der Waals surface area contributed by atoms with E-state index in [-0.39, 0.29) is 32.6 Å². The maximum atomic E-state index is 12.7. The number of phosphoric ester groups is 1. The maximum Gasteiger partial charge on any atom is 0.472 e. The quantitative estimate of drug-likeness (QED) is 0.0264. The van der Waals surface area contributed by atoms with Gasteiger partial charge < -0.3 is 20.1 Å². The van der Waals surface area contributed by atoms with Crippen molar-refractivity contribution in [1.29, 1.82) is 0 Å². The first-order chi connectivity index (χ1) is 37.8. The van der Waals surface area contributed by atoms with E-state index in [4.69, 9.17) is 24.3 Å². The maximum absolute atomic E-state index is 12.7. The average molecular weight is 1090 g/mol. The molecule has 0 aliphatic heterocycles. The Bertz CT molecular complexity index is 1810. The molecule has 10 heteroatoms. The molecule has 0 radical (unpaired) electrons. The molecule has 0 rings (SSSR count). The number of unbranched alkanes of at least 4 members (excludes halogenated alkanes) is 15. The first-order valence-electron chi connectivity index (χ1n) is 30.0. The highest BCUT2D eigenvalue weighted by molar-refractivity contribution is 7.47. The van der Waals surface area contributed by atoms with Crippen LogP contribution < -0.4 is 5.73 Å². The Morgan fingerprint density at radius 1 is 0.390 bits per heavy atom. The van der Waals surface area contributed by atoms with Crippen molar-refractivity contribution in [2.24, 2.45) is 5.73 Å². The molecule has 0 fully saturated rings. The topological polar surface area (TPSA) is 134 Å². The van der Waals surface area contributed by atoms with Crippen molar-refractivity contribution < 1.29 is 37.6 Å². The summed E-state index contributed by atoms with van der Waals surface area (Å²) in [4.78, 5) is 35.2. The zero-order valence-electron chi connectivity index (χ0n) is 48.4. The number of carbonyl (C=O) groups is 2. The lowest BCUT2D eigenvalue weighted by molar-refractivity contribution is -0.161. The molecule has 0 aliphatic rings. The summed E-state index contributed by atoms with van der Waals surface area (Å²) in [5.74, 6) is -0.878. The molecule has 0 heterocycles. The van der Waals surface area contributed by atoms with Gasteiger partial charge in [-0.1, -0.05) is 242 Å². The Hall–Kier alpha value is -4.37. The van der Waals surface area contributed by atoms with Crippen LogP contribution in [-0.2, 0) is 32.7 Å². The summed E-state index contributed by atoms with van der Waals surface area (Å²) in [5, 5.41) is 0. The van der Waals surface area contributed by atoms with Gasteiger partial charge in [-0.25, -0.2) is 4.57 Å². The number of rotatable bonds is 54. The normalized spacial score (nSPS) is 14.2. The molecule has 0 saturated heterocycles. The van der Waals surface area contributed by atoms with Gasteiger partial charge in [0.05, 0.1) is 13.2 Å². The van der Waals surface area contributed by atoms with Crippen LogP contribution in [0.15, 0.2) is 158 Å². The molecule has 0 aliphatic carbocycles. The van der Waals surface area contributed by atoms with E-state index in [1.807, 2.05) is 0 Å². The largest absolute Gasteiger partial charge is 0.472 e. The summed E-state index contributed by atoms with van der Waals surface area (Å²) in [6.45, 7) is 3.45. The Labute approximate surface area is 470 Å². The number of nitrogens with two attached hydrogens (primary N) is 1. The van der Waals surface area contributed by atoms with Gasteiger partial charge in [0.15, 0.2) is 6.10 Å². The van der Waals surface area contributed by atoms with E-state index in [0.717, 1.165) is 128 Å². The number of hydrogen-bond acceptors (Lipinski definition) is 8. The molecule has 77 heavy (non-hydrogen) atoms. The minimum atomic E-state index is -4.41. The zero-order chi connectivity index (χ0) is 55.9. The predicted octanol–water partition coefficient (Wildman–Crippen LogP) is 19.3. The lowest BCUT2D eigenvalue weighted by atomic mass is 10.0. The summed E-state index contributed by atoms with van der Waals surface area (Å²) in [7, 11) is -4.41. The standard InChI is InChI=1S/C67H108NO8P/c1-3-5-7-9-11-13-15-17-19-21-23-24-25-26-27-28-29-30-31-32-33-34-35-36-37-38-39-40-42-44-46-48-50-52-54-56-58-60-67(70)76-65(64-75-77(71,72)74-62-61-68)63-73-66(69)59-57-55-53-51-49-47-45-43-41-22-20-18-16-14-12-10-8-6-4-2/h5-8,11-14,17-20,23-24,26-27,29-30,32-33,35-36,41,43,47,49,65H,3-4,9-10,15-16,21-22,25,28,31,34,37-40,42,44-46,48,50-64,68H2,1-2H3,(H,71,72)/b7-5-,8-6-,13-11-,14-12-,19-17-,20-18-,24-23-,27-26-,30-29-,33-32-,36-35-,43-41-,49-47-. The molecule has 0 spiro atoms. The predicted molar refractivity (Wildman–Crippen MR) is 330 cm³/mol. The number of allylic oxidation sites excluding steroid dienone is 26. The molecular formula is C67H108NO8P. The van der Waals surface area contributed by atoms with Crippen LogP contribution >= 0.6 is 7.82 Å². The molecule has 0 amide bonds. The minimum absolute atomic E-state index is 0.0403. The lowest BCUT2D eigenvalue weighted by Crippen LogP contribution is -2.29. The molecule has 2 unspecified atom stereocenters. The molecular weight excluding hydrogens is 978 g/mol. The van der Waals surface area contributed by atoms with Crippen molar-refractivity contribution in [1.82, 2.24) is 0 Å². The van der Waals surface area contributed by atoms with Crippen molar-refractivity contribution in [2.75, 3.05) is 26.4 Å². The van der Waals surface area contributed by atoms with Gasteiger partial charge >= 0.3 is 19.8 Å². The highest BCUT2D eigenvalue weighted by Crippen LogP contribution is 2.43. The van der Waals surface area contributed by atoms with Crippen LogP contribution in [0.5, 0.6) is 0 Å². The molecule has 0 aromatic rings. The van der Waals surface area contributed by atoms with Crippen molar-refractivity contribution in [3.8, 4) is 0 Å². The molecule has 434 valence electrons. The fourth-order valence-corrected chi connectivity index (χ4v) is 8.32. The van der Waals surface area contributed by atoms with Gasteiger partial charge in [0.25, 0.3) is 0 Å². The van der Waals surface area contributed by atoms with Gasteiger partial charge in [-0.3, -0.25) is 18.6 Å². The fraction of sp³-hybridized carbons (Fsp3) is 0.582. The van der Waals surface area contributed by atoms with E-state index < -0.39 is 32.5 Å². The molecule has 2 atom stereocenters. The molecule has 0 aromatic carbocycles. The first-order valence-corrected chi connectivity index (χ1v) is 31.5. The first kappa shape index (κ1) is 72.6. The van der Waals surface area contributed by atoms with Crippen molar-refractivity contribution in [3.63, 3.8) is 0 Å². The third-order valence-corrected chi connectivity index (χ3v) is 12.9. The Kier molecular flexibility index (Phi) is 57.4. The van der Waals surface area contributed by atoms with E-state index in [1.54, 1.807) is 0 Å². The van der Waals surface area contributed by atoms with E-state index >= 15 is 0 Å². The van der Waals surface area contributed by atoms with Crippen LogP contribution in [0, 0.1) is 0 Å². The fourth-order valence-electron chi connectivity index (χ4n) is 7.56. The van der Waals surface area contributed by atoms with Crippen LogP contribution in [-0.4, -0.2) is 49.3 Å². The highest BCUT2D eigenvalue weighted by Gasteiger charge is 2.26. The zero-order valence-corrected chi connectivity index (χ0v) is 49.3. The van der Waals surface area contributed by atoms with Gasteiger partial charge in [0, 0.05) is 19.4 Å². The van der Waals surface area contributed by atoms with E-state index in [9.17, 15) is 19.0 Å². The van der Waals surface area contributed by atoms with Crippen LogP contribution in [0.3, 0.4) is 0 Å². The molecule has 0 bridgehead atoms. The van der Waals surface area contributed by atoms with Gasteiger partial charge in [0.2, 0.25) is 0 Å². The molecule has 9 nitrogen and oxygen atoms in total. The van der Waals surface area contributed by atoms with Crippen molar-refractivity contribution in [2.45, 2.75) is 225 Å². The van der Waals surface area contributed by atoms with Crippen LogP contribution in [0.2, 0.25) is 0 Å². The second kappa shape index (κ2) is 60.9. The third kappa shape index (κ3) is 60.7. The third-order valence-electron chi connectivity index (χ3n) is 11.9. The van der Waals surface area contributed by atoms with Crippen LogP contribution in [0.25, 0.3) is 0 Å². The highest BCUT2D eigenvalue weighted by atomic mass is 31.2. The smallest absolute Gasteiger partial charge is 0.462 e. The Morgan fingerprint density at radius 3 is 1.01 bits per heavy atom. The van der Waals surface area contributed by atoms with Gasteiger partial charge in [-0.15, -0.1) is 0 Å². The van der Waals surface area contributed by atoms with E-state index in [2.05, 4.69) is 172 Å². The second-order valence-corrected chi connectivity index (χ2v) is 20.6.